The minimum atomic E-state index is -0.831. The highest BCUT2D eigenvalue weighted by Crippen LogP contribution is 2.49. The van der Waals surface area contributed by atoms with Gasteiger partial charge >= 0.3 is 12.1 Å². The van der Waals surface area contributed by atoms with Crippen molar-refractivity contribution in [1.82, 2.24) is 0 Å². The first kappa shape index (κ1) is 16.1. The zero-order valence-electron chi connectivity index (χ0n) is 13.0. The second-order valence-electron chi connectivity index (χ2n) is 6.73. The Kier molecular flexibility index (Phi) is 4.04. The van der Waals surface area contributed by atoms with Crippen molar-refractivity contribution >= 4 is 17.7 Å². The topological polar surface area (TPSA) is 95.9 Å². The lowest BCUT2D eigenvalue weighted by atomic mass is 9.96. The molecule has 1 amide bonds. The van der Waals surface area contributed by atoms with Crippen LogP contribution >= 0.6 is 0 Å². The number of hydrogen-bond donors (Lipinski definition) is 3. The molecule has 120 valence electrons. The van der Waals surface area contributed by atoms with Crippen molar-refractivity contribution in [2.24, 2.45) is 5.41 Å². The number of phenols is 1. The van der Waals surface area contributed by atoms with Gasteiger partial charge < -0.3 is 14.9 Å². The van der Waals surface area contributed by atoms with E-state index in [9.17, 15) is 19.8 Å². The molecule has 0 aliphatic heterocycles. The number of aromatic hydroxyl groups is 1. The normalized spacial score (nSPS) is 16.0. The van der Waals surface area contributed by atoms with Gasteiger partial charge in [-0.1, -0.05) is 6.07 Å². The molecule has 0 saturated heterocycles. The van der Waals surface area contributed by atoms with Crippen molar-refractivity contribution in [2.45, 2.75) is 45.6 Å². The van der Waals surface area contributed by atoms with E-state index in [4.69, 9.17) is 4.74 Å². The van der Waals surface area contributed by atoms with Crippen molar-refractivity contribution in [1.29, 1.82) is 0 Å². The van der Waals surface area contributed by atoms with Gasteiger partial charge in [-0.2, -0.15) is 0 Å². The van der Waals surface area contributed by atoms with Crippen molar-refractivity contribution < 1.29 is 24.5 Å². The third-order valence-corrected chi connectivity index (χ3v) is 3.57. The van der Waals surface area contributed by atoms with Crippen LogP contribution in [0.15, 0.2) is 18.2 Å². The van der Waals surface area contributed by atoms with Gasteiger partial charge in [0.25, 0.3) is 0 Å². The Balaban J connectivity index is 2.04. The van der Waals surface area contributed by atoms with Gasteiger partial charge in [-0.25, -0.2) is 4.79 Å². The molecule has 0 radical (unpaired) electrons. The van der Waals surface area contributed by atoms with E-state index in [1.807, 2.05) is 0 Å². The Morgan fingerprint density at radius 1 is 1.32 bits per heavy atom. The number of benzene rings is 1. The van der Waals surface area contributed by atoms with E-state index in [1.54, 1.807) is 32.9 Å². The van der Waals surface area contributed by atoms with Gasteiger partial charge in [0.2, 0.25) is 0 Å². The third-order valence-electron chi connectivity index (χ3n) is 3.57. The van der Waals surface area contributed by atoms with E-state index in [-0.39, 0.29) is 5.75 Å². The van der Waals surface area contributed by atoms with Gasteiger partial charge in [-0.15, -0.1) is 0 Å². The third kappa shape index (κ3) is 3.90. The SMILES string of the molecule is CC(C)(C)OC(=O)Nc1ccc(CC2(C(=O)O)CC2)c(O)c1. The van der Waals surface area contributed by atoms with Crippen LogP contribution in [-0.4, -0.2) is 27.9 Å². The lowest BCUT2D eigenvalue weighted by Gasteiger charge is -2.20. The van der Waals surface area contributed by atoms with Crippen LogP contribution < -0.4 is 5.32 Å². The summed E-state index contributed by atoms with van der Waals surface area (Å²) >= 11 is 0. The van der Waals surface area contributed by atoms with Crippen LogP contribution in [-0.2, 0) is 16.0 Å². The molecule has 0 atom stereocenters. The van der Waals surface area contributed by atoms with Crippen molar-refractivity contribution in [3.63, 3.8) is 0 Å². The van der Waals surface area contributed by atoms with Crippen LogP contribution in [0.1, 0.15) is 39.2 Å². The van der Waals surface area contributed by atoms with Crippen molar-refractivity contribution in [2.75, 3.05) is 5.32 Å². The van der Waals surface area contributed by atoms with E-state index < -0.39 is 23.1 Å². The molecule has 0 unspecified atom stereocenters. The van der Waals surface area contributed by atoms with Crippen molar-refractivity contribution in [3.05, 3.63) is 23.8 Å². The summed E-state index contributed by atoms with van der Waals surface area (Å²) in [6, 6.07) is 4.65. The van der Waals surface area contributed by atoms with Crippen LogP contribution in [0.2, 0.25) is 0 Å². The number of anilines is 1. The molecule has 3 N–H and O–H groups in total. The number of nitrogens with one attached hydrogen (secondary N) is 1. The molecule has 0 bridgehead atoms. The largest absolute Gasteiger partial charge is 0.508 e. The molecule has 1 aliphatic carbocycles. The average molecular weight is 307 g/mol. The maximum Gasteiger partial charge on any atom is 0.412 e. The minimum Gasteiger partial charge on any atom is -0.508 e. The van der Waals surface area contributed by atoms with Crippen LogP contribution in [0.25, 0.3) is 0 Å². The summed E-state index contributed by atoms with van der Waals surface area (Å²) in [4.78, 5) is 22.8. The zero-order valence-corrected chi connectivity index (χ0v) is 13.0. The fourth-order valence-corrected chi connectivity index (χ4v) is 2.19. The molecule has 6 nitrogen and oxygen atoms in total. The standard InChI is InChI=1S/C16H21NO5/c1-15(2,3)22-14(21)17-11-5-4-10(12(18)8-11)9-16(6-7-16)13(19)20/h4-5,8,18H,6-7,9H2,1-3H3,(H,17,21)(H,19,20). The number of carboxylic acid groups (broad SMARTS) is 1. The highest BCUT2D eigenvalue weighted by Gasteiger charge is 2.50. The Morgan fingerprint density at radius 2 is 1.95 bits per heavy atom. The van der Waals surface area contributed by atoms with Crippen LogP contribution in [0.4, 0.5) is 10.5 Å². The van der Waals surface area contributed by atoms with Crippen LogP contribution in [0, 0.1) is 5.41 Å². The molecular formula is C16H21NO5. The molecule has 22 heavy (non-hydrogen) atoms. The minimum absolute atomic E-state index is 0.0268. The summed E-state index contributed by atoms with van der Waals surface area (Å²) in [5.74, 6) is -0.857. The summed E-state index contributed by atoms with van der Waals surface area (Å²) in [7, 11) is 0. The average Bonchev–Trinajstić information content (AvgIpc) is 3.11. The quantitative estimate of drug-likeness (QED) is 0.794. The number of carbonyl (C=O) groups excluding carboxylic acids is 1. The van der Waals surface area contributed by atoms with Gasteiger partial charge in [-0.3, -0.25) is 10.1 Å². The molecule has 1 aromatic carbocycles. The highest BCUT2D eigenvalue weighted by atomic mass is 16.6. The number of hydrogen-bond acceptors (Lipinski definition) is 4. The maximum atomic E-state index is 11.7. The maximum absolute atomic E-state index is 11.7. The first-order valence-electron chi connectivity index (χ1n) is 7.17. The number of carbonyl (C=O) groups is 2. The molecule has 0 heterocycles. The van der Waals surface area contributed by atoms with E-state index in [0.29, 0.717) is 30.5 Å². The molecule has 0 spiro atoms. The number of carboxylic acids is 1. The fourth-order valence-electron chi connectivity index (χ4n) is 2.19. The number of amides is 1. The summed E-state index contributed by atoms with van der Waals surface area (Å²) in [5, 5.41) is 21.7. The molecule has 1 aliphatic rings. The lowest BCUT2D eigenvalue weighted by Crippen LogP contribution is -2.27. The van der Waals surface area contributed by atoms with Gasteiger partial charge in [0.15, 0.2) is 0 Å². The number of phenolic OH excluding ortho intramolecular Hbond substituents is 1. The van der Waals surface area contributed by atoms with Crippen molar-refractivity contribution in [3.8, 4) is 5.75 Å². The van der Waals surface area contributed by atoms with Crippen LogP contribution in [0.5, 0.6) is 5.75 Å². The molecule has 1 saturated carbocycles. The Labute approximate surface area is 129 Å². The molecule has 1 fully saturated rings. The van der Waals surface area contributed by atoms with Crippen LogP contribution in [0.3, 0.4) is 0 Å². The lowest BCUT2D eigenvalue weighted by molar-refractivity contribution is -0.143. The predicted octanol–water partition coefficient (Wildman–Crippen LogP) is 3.15. The van der Waals surface area contributed by atoms with Gasteiger partial charge in [0.05, 0.1) is 5.41 Å². The Morgan fingerprint density at radius 3 is 2.41 bits per heavy atom. The number of aliphatic carboxylic acids is 1. The predicted molar refractivity (Wildman–Crippen MR) is 81.0 cm³/mol. The smallest absolute Gasteiger partial charge is 0.412 e. The number of ether oxygens (including phenoxy) is 1. The molecule has 0 aromatic heterocycles. The fraction of sp³-hybridized carbons (Fsp3) is 0.500. The van der Waals surface area contributed by atoms with E-state index in [2.05, 4.69) is 5.32 Å². The Hall–Kier alpha value is -2.24. The molecular weight excluding hydrogens is 286 g/mol. The first-order chi connectivity index (χ1) is 10.1. The zero-order chi connectivity index (χ0) is 16.5. The number of rotatable bonds is 4. The second kappa shape index (κ2) is 5.51. The summed E-state index contributed by atoms with van der Waals surface area (Å²) < 4.78 is 5.12. The van der Waals surface area contributed by atoms with Gasteiger partial charge in [0.1, 0.15) is 11.4 Å². The second-order valence-corrected chi connectivity index (χ2v) is 6.73. The summed E-state index contributed by atoms with van der Waals surface area (Å²) in [6.45, 7) is 5.27. The van der Waals surface area contributed by atoms with Gasteiger partial charge in [0, 0.05) is 11.8 Å². The Bertz CT molecular complexity index is 599. The molecule has 6 heteroatoms. The monoisotopic (exact) mass is 307 g/mol. The van der Waals surface area contributed by atoms with E-state index in [0.717, 1.165) is 0 Å². The van der Waals surface area contributed by atoms with Gasteiger partial charge in [-0.05, 0) is 51.7 Å². The van der Waals surface area contributed by atoms with E-state index >= 15 is 0 Å². The molecule has 2 rings (SSSR count). The molecule has 1 aromatic rings. The summed E-state index contributed by atoms with van der Waals surface area (Å²) in [6.07, 6.45) is 0.934. The first-order valence-corrected chi connectivity index (χ1v) is 7.17. The summed E-state index contributed by atoms with van der Waals surface area (Å²) in [5.41, 5.74) is -0.380. The van der Waals surface area contributed by atoms with E-state index in [1.165, 1.54) is 6.07 Å². The highest BCUT2D eigenvalue weighted by molar-refractivity contribution is 5.85.